The summed E-state index contributed by atoms with van der Waals surface area (Å²) in [5.41, 5.74) is 0. The smallest absolute Gasteiger partial charge is 0.0195 e. The molecular formula is C12H22N2. The van der Waals surface area contributed by atoms with Crippen molar-refractivity contribution < 1.29 is 0 Å². The van der Waals surface area contributed by atoms with Gasteiger partial charge in [-0.3, -0.25) is 0 Å². The van der Waals surface area contributed by atoms with Crippen molar-refractivity contribution in [3.05, 3.63) is 0 Å². The molecule has 0 radical (unpaired) electrons. The zero-order valence-electron chi connectivity index (χ0n) is 8.97. The highest BCUT2D eigenvalue weighted by atomic mass is 15.0. The van der Waals surface area contributed by atoms with Crippen LogP contribution in [0.4, 0.5) is 0 Å². The number of hydrogen-bond donors (Lipinski definition) is 2. The van der Waals surface area contributed by atoms with Crippen molar-refractivity contribution in [2.45, 2.75) is 50.6 Å². The molecule has 2 N–H and O–H groups in total. The summed E-state index contributed by atoms with van der Waals surface area (Å²) < 4.78 is 0. The van der Waals surface area contributed by atoms with E-state index in [1.807, 2.05) is 0 Å². The molecule has 1 aliphatic heterocycles. The van der Waals surface area contributed by atoms with Gasteiger partial charge in [-0.25, -0.2) is 0 Å². The van der Waals surface area contributed by atoms with Crippen LogP contribution in [0.1, 0.15) is 38.5 Å². The molecule has 1 unspecified atom stereocenters. The Hall–Kier alpha value is -0.0800. The van der Waals surface area contributed by atoms with Gasteiger partial charge in [0, 0.05) is 18.6 Å². The van der Waals surface area contributed by atoms with E-state index in [4.69, 9.17) is 0 Å². The van der Waals surface area contributed by atoms with Crippen molar-refractivity contribution in [1.29, 1.82) is 0 Å². The number of rotatable bonds is 4. The van der Waals surface area contributed by atoms with Gasteiger partial charge in [0.05, 0.1) is 0 Å². The van der Waals surface area contributed by atoms with Crippen LogP contribution in [0, 0.1) is 11.8 Å². The minimum Gasteiger partial charge on any atom is -0.315 e. The molecule has 3 fully saturated rings. The minimum atomic E-state index is 0.773. The van der Waals surface area contributed by atoms with Crippen molar-refractivity contribution in [3.63, 3.8) is 0 Å². The van der Waals surface area contributed by atoms with Crippen LogP contribution in [0.15, 0.2) is 0 Å². The van der Waals surface area contributed by atoms with Crippen LogP contribution >= 0.6 is 0 Å². The quantitative estimate of drug-likeness (QED) is 0.709. The molecule has 0 aromatic rings. The first-order chi connectivity index (χ1) is 6.93. The first kappa shape index (κ1) is 9.17. The van der Waals surface area contributed by atoms with Gasteiger partial charge >= 0.3 is 0 Å². The zero-order valence-corrected chi connectivity index (χ0v) is 8.97. The molecule has 2 aliphatic carbocycles. The third kappa shape index (κ3) is 2.12. The standard InChI is InChI=1S/C12H22N2/c1-2-11(8-13-7-1)14-12(9-3-4-9)10-5-6-10/h9-14H,1-8H2. The van der Waals surface area contributed by atoms with E-state index in [0.717, 1.165) is 23.9 Å². The van der Waals surface area contributed by atoms with Gasteiger partial charge in [-0.2, -0.15) is 0 Å². The summed E-state index contributed by atoms with van der Waals surface area (Å²) in [6, 6.07) is 1.66. The zero-order chi connectivity index (χ0) is 9.38. The maximum Gasteiger partial charge on any atom is 0.0195 e. The van der Waals surface area contributed by atoms with Gasteiger partial charge in [-0.1, -0.05) is 0 Å². The van der Waals surface area contributed by atoms with Gasteiger partial charge in [-0.15, -0.1) is 0 Å². The van der Waals surface area contributed by atoms with Gasteiger partial charge < -0.3 is 10.6 Å². The second-order valence-electron chi connectivity index (χ2n) is 5.41. The second-order valence-corrected chi connectivity index (χ2v) is 5.41. The fourth-order valence-electron chi connectivity index (χ4n) is 2.83. The van der Waals surface area contributed by atoms with E-state index in [1.54, 1.807) is 0 Å². The van der Waals surface area contributed by atoms with E-state index in [2.05, 4.69) is 10.6 Å². The van der Waals surface area contributed by atoms with Crippen LogP contribution in [0.3, 0.4) is 0 Å². The molecule has 0 spiro atoms. The van der Waals surface area contributed by atoms with E-state index in [9.17, 15) is 0 Å². The van der Waals surface area contributed by atoms with Gasteiger partial charge in [0.25, 0.3) is 0 Å². The molecule has 0 bridgehead atoms. The van der Waals surface area contributed by atoms with Gasteiger partial charge in [-0.05, 0) is 56.9 Å². The summed E-state index contributed by atoms with van der Waals surface area (Å²) in [4.78, 5) is 0. The highest BCUT2D eigenvalue weighted by Gasteiger charge is 2.42. The predicted molar refractivity (Wildman–Crippen MR) is 58.3 cm³/mol. The Kier molecular flexibility index (Phi) is 2.50. The number of nitrogens with one attached hydrogen (secondary N) is 2. The topological polar surface area (TPSA) is 24.1 Å². The molecule has 14 heavy (non-hydrogen) atoms. The summed E-state index contributed by atoms with van der Waals surface area (Å²) in [5.74, 6) is 2.09. The highest BCUT2D eigenvalue weighted by Crippen LogP contribution is 2.44. The van der Waals surface area contributed by atoms with Crippen molar-refractivity contribution >= 4 is 0 Å². The Morgan fingerprint density at radius 3 is 2.21 bits per heavy atom. The van der Waals surface area contributed by atoms with Crippen molar-refractivity contribution in [3.8, 4) is 0 Å². The molecule has 80 valence electrons. The summed E-state index contributed by atoms with van der Waals surface area (Å²) in [5, 5.41) is 7.41. The van der Waals surface area contributed by atoms with Crippen molar-refractivity contribution in [1.82, 2.24) is 10.6 Å². The summed E-state index contributed by atoms with van der Waals surface area (Å²) in [6.07, 6.45) is 8.73. The molecule has 2 heteroatoms. The van der Waals surface area contributed by atoms with Crippen molar-refractivity contribution in [2.24, 2.45) is 11.8 Å². The molecule has 2 saturated carbocycles. The van der Waals surface area contributed by atoms with Crippen LogP contribution < -0.4 is 10.6 Å². The Morgan fingerprint density at radius 2 is 1.71 bits per heavy atom. The van der Waals surface area contributed by atoms with Gasteiger partial charge in [0.15, 0.2) is 0 Å². The minimum absolute atomic E-state index is 0.773. The molecule has 0 aromatic heterocycles. The maximum atomic E-state index is 3.92. The first-order valence-electron chi connectivity index (χ1n) is 6.40. The lowest BCUT2D eigenvalue weighted by Gasteiger charge is -2.29. The molecule has 2 nitrogen and oxygen atoms in total. The van der Waals surface area contributed by atoms with E-state index in [0.29, 0.717) is 0 Å². The maximum absolute atomic E-state index is 3.92. The fourth-order valence-corrected chi connectivity index (χ4v) is 2.83. The van der Waals surface area contributed by atoms with Crippen LogP contribution in [0.5, 0.6) is 0 Å². The molecule has 0 amide bonds. The molecule has 3 rings (SSSR count). The van der Waals surface area contributed by atoms with E-state index in [1.165, 1.54) is 51.6 Å². The largest absolute Gasteiger partial charge is 0.315 e. The molecule has 0 aromatic carbocycles. The highest BCUT2D eigenvalue weighted by molar-refractivity contribution is 4.98. The average molecular weight is 194 g/mol. The van der Waals surface area contributed by atoms with Crippen LogP contribution in [-0.2, 0) is 0 Å². The van der Waals surface area contributed by atoms with Crippen LogP contribution in [-0.4, -0.2) is 25.2 Å². The summed E-state index contributed by atoms with van der Waals surface area (Å²) >= 11 is 0. The molecular weight excluding hydrogens is 172 g/mol. The molecule has 1 heterocycles. The van der Waals surface area contributed by atoms with Crippen molar-refractivity contribution in [2.75, 3.05) is 13.1 Å². The van der Waals surface area contributed by atoms with Crippen LogP contribution in [0.25, 0.3) is 0 Å². The second kappa shape index (κ2) is 3.82. The monoisotopic (exact) mass is 194 g/mol. The van der Waals surface area contributed by atoms with E-state index in [-0.39, 0.29) is 0 Å². The lowest BCUT2D eigenvalue weighted by molar-refractivity contribution is 0.312. The number of piperidine rings is 1. The summed E-state index contributed by atoms with van der Waals surface area (Å²) in [6.45, 7) is 2.44. The molecule has 1 atom stereocenters. The SMILES string of the molecule is C1CNCC(NC(C2CC2)C2CC2)C1. The third-order valence-corrected chi connectivity index (χ3v) is 3.98. The Labute approximate surface area is 86.8 Å². The van der Waals surface area contributed by atoms with Crippen LogP contribution in [0.2, 0.25) is 0 Å². The van der Waals surface area contributed by atoms with Gasteiger partial charge in [0.1, 0.15) is 0 Å². The average Bonchev–Trinajstić information content (AvgIpc) is 3.08. The van der Waals surface area contributed by atoms with E-state index < -0.39 is 0 Å². The first-order valence-corrected chi connectivity index (χ1v) is 6.40. The fraction of sp³-hybridized carbons (Fsp3) is 1.00. The van der Waals surface area contributed by atoms with E-state index >= 15 is 0 Å². The normalized spacial score (nSPS) is 33.6. The summed E-state index contributed by atoms with van der Waals surface area (Å²) in [7, 11) is 0. The Bertz CT molecular complexity index is 178. The predicted octanol–water partition coefficient (Wildman–Crippen LogP) is 1.52. The lowest BCUT2D eigenvalue weighted by Crippen LogP contribution is -2.48. The lowest BCUT2D eigenvalue weighted by atomic mass is 10.0. The third-order valence-electron chi connectivity index (χ3n) is 3.98. The van der Waals surface area contributed by atoms with Gasteiger partial charge in [0.2, 0.25) is 0 Å². The number of hydrogen-bond acceptors (Lipinski definition) is 2. The molecule has 3 aliphatic rings. The Morgan fingerprint density at radius 1 is 1.00 bits per heavy atom. The Balaban J connectivity index is 1.52. The molecule has 1 saturated heterocycles.